The second-order valence-electron chi connectivity index (χ2n) is 5.98. The maximum atomic E-state index is 11.3. The summed E-state index contributed by atoms with van der Waals surface area (Å²) in [4.78, 5) is 17.8. The normalized spacial score (nSPS) is 23.0. The molecular weight excluding hydrogens is 302 g/mol. The lowest BCUT2D eigenvalue weighted by Gasteiger charge is -2.36. The Morgan fingerprint density at radius 2 is 2.05 bits per heavy atom. The fourth-order valence-corrected chi connectivity index (χ4v) is 3.21. The molecule has 0 spiro atoms. The van der Waals surface area contributed by atoms with E-state index in [1.165, 1.54) is 5.69 Å². The second kappa shape index (κ2) is 6.75. The Morgan fingerprint density at radius 3 is 2.68 bits per heavy atom. The van der Waals surface area contributed by atoms with Gasteiger partial charge in [0.1, 0.15) is 6.10 Å². The number of amides is 1. The highest BCUT2D eigenvalue weighted by molar-refractivity contribution is 6.30. The summed E-state index contributed by atoms with van der Waals surface area (Å²) in [6.07, 6.45) is 0.756. The minimum Gasteiger partial charge on any atom is -0.444 e. The number of benzene rings is 1. The summed E-state index contributed by atoms with van der Waals surface area (Å²) >= 11 is 6.06. The monoisotopic (exact) mass is 323 g/mol. The van der Waals surface area contributed by atoms with Crippen LogP contribution >= 0.6 is 11.6 Å². The number of hydrogen-bond donors (Lipinski definition) is 0. The van der Waals surface area contributed by atoms with Crippen molar-refractivity contribution >= 4 is 23.4 Å². The summed E-state index contributed by atoms with van der Waals surface area (Å²) in [5.41, 5.74) is 1.19. The van der Waals surface area contributed by atoms with Crippen LogP contribution in [0.15, 0.2) is 24.3 Å². The molecule has 22 heavy (non-hydrogen) atoms. The fourth-order valence-electron chi connectivity index (χ4n) is 3.03. The van der Waals surface area contributed by atoms with Crippen LogP contribution in [0.3, 0.4) is 0 Å². The maximum absolute atomic E-state index is 11.3. The second-order valence-corrected chi connectivity index (χ2v) is 6.42. The van der Waals surface area contributed by atoms with Gasteiger partial charge in [0.2, 0.25) is 0 Å². The third-order valence-corrected chi connectivity index (χ3v) is 4.60. The molecule has 1 aromatic rings. The lowest BCUT2D eigenvalue weighted by molar-refractivity contribution is 0.121. The first-order valence-electron chi connectivity index (χ1n) is 7.76. The van der Waals surface area contributed by atoms with Crippen molar-refractivity contribution in [1.82, 2.24) is 9.80 Å². The largest absolute Gasteiger partial charge is 0.444 e. The Balaban J connectivity index is 1.43. The number of hydrogen-bond acceptors (Lipinski definition) is 4. The molecule has 3 rings (SSSR count). The van der Waals surface area contributed by atoms with Crippen LogP contribution in [0.2, 0.25) is 5.02 Å². The van der Waals surface area contributed by atoms with E-state index in [1.54, 1.807) is 11.9 Å². The van der Waals surface area contributed by atoms with Crippen LogP contribution in [0.1, 0.15) is 6.42 Å². The summed E-state index contributed by atoms with van der Waals surface area (Å²) in [5.74, 6) is 0. The molecule has 5 nitrogen and oxygen atoms in total. The molecule has 2 aliphatic heterocycles. The number of nitrogens with zero attached hydrogens (tertiary/aromatic N) is 3. The van der Waals surface area contributed by atoms with Gasteiger partial charge in [-0.25, -0.2) is 4.79 Å². The molecule has 1 aromatic carbocycles. The Kier molecular flexibility index (Phi) is 4.74. The average Bonchev–Trinajstić information content (AvgIpc) is 2.84. The highest BCUT2D eigenvalue weighted by Gasteiger charge is 2.28. The van der Waals surface area contributed by atoms with Crippen LogP contribution in [-0.4, -0.2) is 68.3 Å². The molecule has 1 atom stereocenters. The number of ether oxygens (including phenoxy) is 1. The number of carbonyl (C=O) groups excluding carboxylic acids is 1. The van der Waals surface area contributed by atoms with E-state index in [1.807, 2.05) is 18.2 Å². The zero-order chi connectivity index (χ0) is 15.5. The summed E-state index contributed by atoms with van der Waals surface area (Å²) in [7, 11) is 1.78. The Bertz CT molecular complexity index is 532. The molecule has 0 aromatic heterocycles. The number of cyclic esters (lactones) is 1. The van der Waals surface area contributed by atoms with Crippen molar-refractivity contribution in [2.24, 2.45) is 0 Å². The van der Waals surface area contributed by atoms with Gasteiger partial charge in [0.25, 0.3) is 0 Å². The lowest BCUT2D eigenvalue weighted by Crippen LogP contribution is -2.47. The van der Waals surface area contributed by atoms with E-state index in [0.717, 1.165) is 44.2 Å². The van der Waals surface area contributed by atoms with Gasteiger partial charge in [0.05, 0.1) is 6.54 Å². The van der Waals surface area contributed by atoms with Crippen molar-refractivity contribution < 1.29 is 9.53 Å². The molecule has 2 saturated heterocycles. The number of halogens is 1. The summed E-state index contributed by atoms with van der Waals surface area (Å²) < 4.78 is 5.30. The van der Waals surface area contributed by atoms with Crippen LogP contribution in [0, 0.1) is 0 Å². The van der Waals surface area contributed by atoms with Crippen LogP contribution in [0.5, 0.6) is 0 Å². The molecule has 0 aliphatic carbocycles. The molecule has 120 valence electrons. The van der Waals surface area contributed by atoms with Gasteiger partial charge in [-0.15, -0.1) is 0 Å². The van der Waals surface area contributed by atoms with E-state index in [4.69, 9.17) is 16.3 Å². The van der Waals surface area contributed by atoms with Gasteiger partial charge in [-0.2, -0.15) is 0 Å². The van der Waals surface area contributed by atoms with Crippen molar-refractivity contribution in [3.63, 3.8) is 0 Å². The standard InChI is InChI=1S/C16H22ClN3O2/c1-18-12-15(22-16(18)21)5-6-19-7-9-20(10-8-19)14-4-2-3-13(17)11-14/h2-4,11,15H,5-10,12H2,1H3. The molecule has 0 N–H and O–H groups in total. The first-order chi connectivity index (χ1) is 10.6. The quantitative estimate of drug-likeness (QED) is 0.852. The van der Waals surface area contributed by atoms with Crippen LogP contribution in [0.4, 0.5) is 10.5 Å². The molecule has 0 bridgehead atoms. The molecule has 6 heteroatoms. The van der Waals surface area contributed by atoms with Gasteiger partial charge < -0.3 is 14.5 Å². The first kappa shape index (κ1) is 15.4. The van der Waals surface area contributed by atoms with E-state index in [2.05, 4.69) is 15.9 Å². The number of piperazine rings is 1. The predicted molar refractivity (Wildman–Crippen MR) is 87.6 cm³/mol. The third kappa shape index (κ3) is 3.65. The summed E-state index contributed by atoms with van der Waals surface area (Å²) in [6.45, 7) is 5.76. The Labute approximate surface area is 136 Å². The zero-order valence-electron chi connectivity index (χ0n) is 12.9. The fraction of sp³-hybridized carbons (Fsp3) is 0.562. The SMILES string of the molecule is CN1CC(CCN2CCN(c3cccc(Cl)c3)CC2)OC1=O. The van der Waals surface area contributed by atoms with E-state index in [-0.39, 0.29) is 12.2 Å². The third-order valence-electron chi connectivity index (χ3n) is 4.37. The number of likely N-dealkylation sites (N-methyl/N-ethyl adjacent to an activating group) is 1. The van der Waals surface area contributed by atoms with Gasteiger partial charge in [-0.3, -0.25) is 4.90 Å². The van der Waals surface area contributed by atoms with Crippen molar-refractivity contribution in [2.45, 2.75) is 12.5 Å². The molecule has 0 radical (unpaired) electrons. The average molecular weight is 324 g/mol. The lowest BCUT2D eigenvalue weighted by atomic mass is 10.2. The van der Waals surface area contributed by atoms with Gasteiger partial charge in [0.15, 0.2) is 0 Å². The van der Waals surface area contributed by atoms with Crippen LogP contribution in [0.25, 0.3) is 0 Å². The number of rotatable bonds is 4. The molecule has 1 unspecified atom stereocenters. The predicted octanol–water partition coefficient (Wildman–Crippen LogP) is 2.30. The van der Waals surface area contributed by atoms with E-state index >= 15 is 0 Å². The molecule has 1 amide bonds. The maximum Gasteiger partial charge on any atom is 0.409 e. The molecule has 0 saturated carbocycles. The van der Waals surface area contributed by atoms with Gasteiger partial charge in [0, 0.05) is 50.5 Å². The molecular formula is C16H22ClN3O2. The van der Waals surface area contributed by atoms with Gasteiger partial charge in [-0.05, 0) is 24.6 Å². The van der Waals surface area contributed by atoms with Crippen LogP contribution < -0.4 is 4.90 Å². The van der Waals surface area contributed by atoms with Crippen LogP contribution in [-0.2, 0) is 4.74 Å². The van der Waals surface area contributed by atoms with Crippen molar-refractivity contribution in [1.29, 1.82) is 0 Å². The smallest absolute Gasteiger partial charge is 0.409 e. The summed E-state index contributed by atoms with van der Waals surface area (Å²) in [6, 6.07) is 8.02. The minimum absolute atomic E-state index is 0.0449. The molecule has 2 aliphatic rings. The topological polar surface area (TPSA) is 36.0 Å². The Hall–Kier alpha value is -1.46. The van der Waals surface area contributed by atoms with E-state index in [0.29, 0.717) is 6.54 Å². The van der Waals surface area contributed by atoms with E-state index in [9.17, 15) is 4.79 Å². The molecule has 2 heterocycles. The van der Waals surface area contributed by atoms with Crippen molar-refractivity contribution in [3.8, 4) is 0 Å². The van der Waals surface area contributed by atoms with Crippen molar-refractivity contribution in [2.75, 3.05) is 51.2 Å². The minimum atomic E-state index is -0.198. The highest BCUT2D eigenvalue weighted by atomic mass is 35.5. The molecule has 2 fully saturated rings. The highest BCUT2D eigenvalue weighted by Crippen LogP contribution is 2.21. The van der Waals surface area contributed by atoms with E-state index < -0.39 is 0 Å². The number of carbonyl (C=O) groups is 1. The van der Waals surface area contributed by atoms with Crippen molar-refractivity contribution in [3.05, 3.63) is 29.3 Å². The number of anilines is 1. The van der Waals surface area contributed by atoms with Gasteiger partial charge in [-0.1, -0.05) is 17.7 Å². The first-order valence-corrected chi connectivity index (χ1v) is 8.14. The summed E-state index contributed by atoms with van der Waals surface area (Å²) in [5, 5.41) is 0.784. The Morgan fingerprint density at radius 1 is 1.27 bits per heavy atom. The zero-order valence-corrected chi connectivity index (χ0v) is 13.6. The van der Waals surface area contributed by atoms with Gasteiger partial charge >= 0.3 is 6.09 Å².